The smallest absolute Gasteiger partial charge is 0.183 e. The predicted molar refractivity (Wildman–Crippen MR) is 67.9 cm³/mol. The average Bonchev–Trinajstić information content (AvgIpc) is 2.70. The number of thioether (sulfide) groups is 1. The fraction of sp³-hybridized carbons (Fsp3) is 0.200. The first-order valence-corrected chi connectivity index (χ1v) is 6.05. The highest BCUT2D eigenvalue weighted by molar-refractivity contribution is 8.13. The van der Waals surface area contributed by atoms with Crippen LogP contribution in [0.25, 0.3) is 11.0 Å². The summed E-state index contributed by atoms with van der Waals surface area (Å²) in [5, 5.41) is 20.1. The molecule has 0 aliphatic heterocycles. The van der Waals surface area contributed by atoms with Crippen molar-refractivity contribution >= 4 is 33.7 Å². The second kappa shape index (κ2) is 4.84. The van der Waals surface area contributed by atoms with E-state index in [0.29, 0.717) is 10.9 Å². The van der Waals surface area contributed by atoms with Gasteiger partial charge in [-0.15, -0.1) is 0 Å². The number of hydrogen-bond donors (Lipinski definition) is 1. The Kier molecular flexibility index (Phi) is 3.25. The molecule has 0 fully saturated rings. The molecule has 1 aromatic heterocycles. The zero-order chi connectivity index (χ0) is 12.3. The number of aliphatic imine (C=N–C) groups is 1. The van der Waals surface area contributed by atoms with Gasteiger partial charge in [0.1, 0.15) is 11.0 Å². The van der Waals surface area contributed by atoms with Crippen LogP contribution in [-0.4, -0.2) is 26.4 Å². The molecule has 0 aliphatic rings. The van der Waals surface area contributed by atoms with Gasteiger partial charge in [-0.05, 0) is 18.4 Å². The molecule has 1 heterocycles. The second-order valence-electron chi connectivity index (χ2n) is 3.19. The molecule has 0 saturated heterocycles. The van der Waals surface area contributed by atoms with E-state index in [4.69, 9.17) is 5.26 Å². The summed E-state index contributed by atoms with van der Waals surface area (Å²) in [6.45, 7) is 0. The molecular formula is C10H10N6S. The third-order valence-electron chi connectivity index (χ3n) is 2.07. The molecular weight excluding hydrogens is 236 g/mol. The van der Waals surface area contributed by atoms with Gasteiger partial charge in [0.2, 0.25) is 0 Å². The van der Waals surface area contributed by atoms with E-state index in [9.17, 15) is 0 Å². The zero-order valence-electron chi connectivity index (χ0n) is 9.38. The molecule has 0 radical (unpaired) electrons. The summed E-state index contributed by atoms with van der Waals surface area (Å²) in [4.78, 5) is 5.84. The molecule has 0 amide bonds. The summed E-state index contributed by atoms with van der Waals surface area (Å²) in [7, 11) is 1.76. The van der Waals surface area contributed by atoms with Crippen molar-refractivity contribution in [3.63, 3.8) is 0 Å². The van der Waals surface area contributed by atoms with Crippen LogP contribution in [0.1, 0.15) is 0 Å². The lowest BCUT2D eigenvalue weighted by molar-refractivity contribution is 0.665. The highest BCUT2D eigenvalue weighted by Gasteiger charge is 2.06. The molecule has 17 heavy (non-hydrogen) atoms. The van der Waals surface area contributed by atoms with E-state index in [1.54, 1.807) is 7.05 Å². The lowest BCUT2D eigenvalue weighted by atomic mass is 10.3. The Morgan fingerprint density at radius 1 is 1.53 bits per heavy atom. The van der Waals surface area contributed by atoms with Crippen molar-refractivity contribution in [1.29, 1.82) is 5.26 Å². The monoisotopic (exact) mass is 246 g/mol. The SMILES string of the molecule is CSC(=Nc1cccc2nn(C)nc12)NC#N. The minimum atomic E-state index is 0.533. The highest BCUT2D eigenvalue weighted by Crippen LogP contribution is 2.23. The Hall–Kier alpha value is -2.07. The van der Waals surface area contributed by atoms with Crippen molar-refractivity contribution in [3.05, 3.63) is 18.2 Å². The van der Waals surface area contributed by atoms with Crippen LogP contribution in [0.4, 0.5) is 5.69 Å². The van der Waals surface area contributed by atoms with Crippen molar-refractivity contribution in [2.45, 2.75) is 0 Å². The summed E-state index contributed by atoms with van der Waals surface area (Å²) >= 11 is 1.37. The van der Waals surface area contributed by atoms with Crippen molar-refractivity contribution in [1.82, 2.24) is 20.3 Å². The average molecular weight is 246 g/mol. The van der Waals surface area contributed by atoms with E-state index in [1.165, 1.54) is 16.6 Å². The van der Waals surface area contributed by atoms with E-state index < -0.39 is 0 Å². The molecule has 86 valence electrons. The summed E-state index contributed by atoms with van der Waals surface area (Å²) in [6.07, 6.45) is 3.70. The number of hydrogen-bond acceptors (Lipinski definition) is 5. The first kappa shape index (κ1) is 11.4. The van der Waals surface area contributed by atoms with Crippen LogP contribution in [0.5, 0.6) is 0 Å². The standard InChI is InChI=1S/C10H10N6S/c1-16-14-8-5-3-4-7(9(8)15-16)13-10(17-2)12-6-11/h3-5H,1-2H3,(H,12,13). The number of aryl methyl sites for hydroxylation is 1. The zero-order valence-corrected chi connectivity index (χ0v) is 10.2. The van der Waals surface area contributed by atoms with Crippen molar-refractivity contribution in [3.8, 4) is 6.19 Å². The Labute approximate surface area is 102 Å². The number of amidine groups is 1. The molecule has 0 aliphatic carbocycles. The molecule has 0 spiro atoms. The Morgan fingerprint density at radius 2 is 2.35 bits per heavy atom. The van der Waals surface area contributed by atoms with Crippen LogP contribution in [-0.2, 0) is 7.05 Å². The summed E-state index contributed by atoms with van der Waals surface area (Å²) in [5.41, 5.74) is 2.20. The summed E-state index contributed by atoms with van der Waals surface area (Å²) in [6, 6.07) is 5.57. The third kappa shape index (κ3) is 2.37. The van der Waals surface area contributed by atoms with Crippen LogP contribution >= 0.6 is 11.8 Å². The van der Waals surface area contributed by atoms with Crippen LogP contribution in [0, 0.1) is 11.5 Å². The van der Waals surface area contributed by atoms with Crippen molar-refractivity contribution < 1.29 is 0 Å². The number of nitrogens with one attached hydrogen (secondary N) is 1. The molecule has 6 nitrogen and oxygen atoms in total. The number of fused-ring (bicyclic) bond motifs is 1. The van der Waals surface area contributed by atoms with Gasteiger partial charge in [0.15, 0.2) is 11.4 Å². The number of benzene rings is 1. The van der Waals surface area contributed by atoms with Crippen LogP contribution in [0.2, 0.25) is 0 Å². The van der Waals surface area contributed by atoms with Gasteiger partial charge in [-0.25, -0.2) is 4.99 Å². The number of aromatic nitrogens is 3. The van der Waals surface area contributed by atoms with Crippen molar-refractivity contribution in [2.24, 2.45) is 12.0 Å². The van der Waals surface area contributed by atoms with Gasteiger partial charge in [0, 0.05) is 7.05 Å². The van der Waals surface area contributed by atoms with Gasteiger partial charge in [0.05, 0.1) is 5.69 Å². The summed E-state index contributed by atoms with van der Waals surface area (Å²) in [5.74, 6) is 0. The Balaban J connectivity index is 2.51. The maximum atomic E-state index is 8.58. The van der Waals surface area contributed by atoms with E-state index in [0.717, 1.165) is 11.0 Å². The first-order chi connectivity index (χ1) is 8.24. The maximum Gasteiger partial charge on any atom is 0.183 e. The molecule has 2 rings (SSSR count). The quantitative estimate of drug-likeness (QED) is 0.356. The van der Waals surface area contributed by atoms with Gasteiger partial charge in [-0.1, -0.05) is 17.8 Å². The summed E-state index contributed by atoms with van der Waals surface area (Å²) < 4.78 is 0. The molecule has 2 aromatic rings. The molecule has 0 saturated carbocycles. The largest absolute Gasteiger partial charge is 0.271 e. The lowest BCUT2D eigenvalue weighted by Crippen LogP contribution is -2.12. The Bertz CT molecular complexity index is 609. The first-order valence-electron chi connectivity index (χ1n) is 4.82. The van der Waals surface area contributed by atoms with Gasteiger partial charge >= 0.3 is 0 Å². The minimum absolute atomic E-state index is 0.533. The molecule has 7 heteroatoms. The molecule has 1 aromatic carbocycles. The number of nitrogens with zero attached hydrogens (tertiary/aromatic N) is 5. The van der Waals surface area contributed by atoms with Gasteiger partial charge in [0.25, 0.3) is 0 Å². The maximum absolute atomic E-state index is 8.58. The van der Waals surface area contributed by atoms with Crippen molar-refractivity contribution in [2.75, 3.05) is 6.26 Å². The molecule has 1 N–H and O–H groups in total. The van der Waals surface area contributed by atoms with Crippen LogP contribution < -0.4 is 5.32 Å². The normalized spacial score (nSPS) is 11.5. The predicted octanol–water partition coefficient (Wildman–Crippen LogP) is 1.39. The van der Waals surface area contributed by atoms with Gasteiger partial charge < -0.3 is 0 Å². The minimum Gasteiger partial charge on any atom is -0.271 e. The number of nitriles is 1. The van der Waals surface area contributed by atoms with Crippen LogP contribution in [0.15, 0.2) is 23.2 Å². The van der Waals surface area contributed by atoms with Gasteiger partial charge in [-0.3, -0.25) is 5.32 Å². The fourth-order valence-electron chi connectivity index (χ4n) is 1.40. The van der Waals surface area contributed by atoms with E-state index in [-0.39, 0.29) is 0 Å². The fourth-order valence-corrected chi connectivity index (χ4v) is 1.74. The topological polar surface area (TPSA) is 78.9 Å². The van der Waals surface area contributed by atoms with Crippen LogP contribution in [0.3, 0.4) is 0 Å². The van der Waals surface area contributed by atoms with E-state index in [2.05, 4.69) is 20.5 Å². The third-order valence-corrected chi connectivity index (χ3v) is 2.65. The van der Waals surface area contributed by atoms with Gasteiger partial charge in [-0.2, -0.15) is 20.3 Å². The molecule has 0 bridgehead atoms. The Morgan fingerprint density at radius 3 is 3.06 bits per heavy atom. The second-order valence-corrected chi connectivity index (χ2v) is 3.99. The highest BCUT2D eigenvalue weighted by atomic mass is 32.2. The van der Waals surface area contributed by atoms with E-state index >= 15 is 0 Å². The lowest BCUT2D eigenvalue weighted by Gasteiger charge is -1.99. The molecule has 0 unspecified atom stereocenters. The number of rotatable bonds is 1. The molecule has 0 atom stereocenters. The van der Waals surface area contributed by atoms with E-state index in [1.807, 2.05) is 30.6 Å².